The van der Waals surface area contributed by atoms with Gasteiger partial charge >= 0.3 is 0 Å². The molecule has 3 heterocycles. The summed E-state index contributed by atoms with van der Waals surface area (Å²) in [5.74, 6) is 2.24. The summed E-state index contributed by atoms with van der Waals surface area (Å²) in [4.78, 5) is 7.12. The summed E-state index contributed by atoms with van der Waals surface area (Å²) in [7, 11) is 0. The zero-order valence-corrected chi connectivity index (χ0v) is 17.7. The summed E-state index contributed by atoms with van der Waals surface area (Å²) in [5, 5.41) is 4.28. The molecule has 0 N–H and O–H groups in total. The van der Waals surface area contributed by atoms with Gasteiger partial charge in [-0.25, -0.2) is 4.98 Å². The minimum Gasteiger partial charge on any atom is -0.357 e. The first kappa shape index (κ1) is 19.7. The van der Waals surface area contributed by atoms with E-state index < -0.39 is 0 Å². The van der Waals surface area contributed by atoms with E-state index in [-0.39, 0.29) is 0 Å². The van der Waals surface area contributed by atoms with Crippen LogP contribution in [0, 0.1) is 0 Å². The van der Waals surface area contributed by atoms with Crippen molar-refractivity contribution in [3.05, 3.63) is 77.7 Å². The van der Waals surface area contributed by atoms with Gasteiger partial charge in [0.2, 0.25) is 0 Å². The molecule has 4 rings (SSSR count). The van der Waals surface area contributed by atoms with Crippen molar-refractivity contribution in [1.29, 1.82) is 0 Å². The molecule has 1 saturated heterocycles. The fraction of sp³-hybridized carbons (Fsp3) is 0.440. The molecule has 0 radical (unpaired) electrons. The Kier molecular flexibility index (Phi) is 6.28. The van der Waals surface area contributed by atoms with E-state index in [1.54, 1.807) is 0 Å². The highest BCUT2D eigenvalue weighted by molar-refractivity contribution is 5.40. The van der Waals surface area contributed by atoms with Gasteiger partial charge in [-0.3, -0.25) is 4.68 Å². The third-order valence-corrected chi connectivity index (χ3v) is 6.26. The molecule has 3 aromatic rings. The Morgan fingerprint density at radius 2 is 1.59 bits per heavy atom. The number of aromatic nitrogens is 3. The monoisotopic (exact) mass is 388 g/mol. The fourth-order valence-electron chi connectivity index (χ4n) is 4.19. The molecular formula is C25H32N4. The zero-order valence-electron chi connectivity index (χ0n) is 17.7. The number of pyridine rings is 1. The molecule has 152 valence electrons. The molecule has 29 heavy (non-hydrogen) atoms. The maximum Gasteiger partial charge on any atom is 0.128 e. The standard InChI is InChI=1S/C25H32N4/c1-20(23-10-8-22(9-11-23)19-29-17-5-14-27-29)6-7-21(2)24-12-13-25(26-18-24)28-15-3-4-16-28/h5,8-14,17-18,20-21H,3-4,6-7,15-16,19H2,1-2H3. The molecule has 0 saturated carbocycles. The second kappa shape index (κ2) is 9.25. The number of anilines is 1. The summed E-state index contributed by atoms with van der Waals surface area (Å²) in [6.45, 7) is 7.80. The second-order valence-electron chi connectivity index (χ2n) is 8.47. The Morgan fingerprint density at radius 1 is 0.897 bits per heavy atom. The molecule has 2 aromatic heterocycles. The van der Waals surface area contributed by atoms with E-state index in [1.807, 2.05) is 23.1 Å². The lowest BCUT2D eigenvalue weighted by atomic mass is 9.89. The summed E-state index contributed by atoms with van der Waals surface area (Å²) >= 11 is 0. The van der Waals surface area contributed by atoms with Gasteiger partial charge in [-0.15, -0.1) is 0 Å². The Bertz CT molecular complexity index is 862. The molecule has 0 aliphatic carbocycles. The maximum absolute atomic E-state index is 4.73. The quantitative estimate of drug-likeness (QED) is 0.503. The van der Waals surface area contributed by atoms with Crippen molar-refractivity contribution in [2.24, 2.45) is 0 Å². The van der Waals surface area contributed by atoms with E-state index in [4.69, 9.17) is 4.98 Å². The van der Waals surface area contributed by atoms with E-state index in [0.717, 1.165) is 25.5 Å². The predicted octanol–water partition coefficient (Wildman–Crippen LogP) is 5.61. The molecule has 2 atom stereocenters. The Labute approximate surface area is 174 Å². The molecule has 4 nitrogen and oxygen atoms in total. The van der Waals surface area contributed by atoms with Gasteiger partial charge in [-0.05, 0) is 66.3 Å². The molecule has 0 bridgehead atoms. The van der Waals surface area contributed by atoms with E-state index >= 15 is 0 Å². The van der Waals surface area contributed by atoms with Gasteiger partial charge in [-0.1, -0.05) is 44.2 Å². The van der Waals surface area contributed by atoms with Crippen LogP contribution in [0.15, 0.2) is 61.1 Å². The van der Waals surface area contributed by atoms with Crippen LogP contribution in [0.2, 0.25) is 0 Å². The number of benzene rings is 1. The lowest BCUT2D eigenvalue weighted by Crippen LogP contribution is -2.18. The van der Waals surface area contributed by atoms with Crippen molar-refractivity contribution in [3.63, 3.8) is 0 Å². The Hall–Kier alpha value is -2.62. The largest absolute Gasteiger partial charge is 0.357 e. The zero-order chi connectivity index (χ0) is 20.1. The van der Waals surface area contributed by atoms with Crippen LogP contribution in [0.4, 0.5) is 5.82 Å². The third kappa shape index (κ3) is 5.06. The molecule has 0 spiro atoms. The maximum atomic E-state index is 4.73. The minimum absolute atomic E-state index is 0.539. The van der Waals surface area contributed by atoms with Crippen LogP contribution in [-0.4, -0.2) is 27.9 Å². The highest BCUT2D eigenvalue weighted by Gasteiger charge is 2.15. The van der Waals surface area contributed by atoms with E-state index in [1.165, 1.54) is 42.4 Å². The molecule has 2 unspecified atom stereocenters. The highest BCUT2D eigenvalue weighted by atomic mass is 15.3. The first-order valence-corrected chi connectivity index (χ1v) is 11.0. The van der Waals surface area contributed by atoms with Crippen molar-refractivity contribution < 1.29 is 0 Å². The second-order valence-corrected chi connectivity index (χ2v) is 8.47. The van der Waals surface area contributed by atoms with Crippen molar-refractivity contribution >= 4 is 5.82 Å². The minimum atomic E-state index is 0.539. The van der Waals surface area contributed by atoms with Gasteiger partial charge in [-0.2, -0.15) is 5.10 Å². The molecule has 0 amide bonds. The van der Waals surface area contributed by atoms with Gasteiger partial charge in [0, 0.05) is 31.7 Å². The number of hydrogen-bond donors (Lipinski definition) is 0. The van der Waals surface area contributed by atoms with E-state index in [0.29, 0.717) is 11.8 Å². The Balaban J connectivity index is 1.28. The van der Waals surface area contributed by atoms with E-state index in [2.05, 4.69) is 66.4 Å². The average Bonchev–Trinajstić information content (AvgIpc) is 3.47. The molecule has 1 aliphatic heterocycles. The predicted molar refractivity (Wildman–Crippen MR) is 120 cm³/mol. The molecule has 1 aromatic carbocycles. The molecule has 1 fully saturated rings. The average molecular weight is 389 g/mol. The van der Waals surface area contributed by atoms with Crippen LogP contribution in [0.1, 0.15) is 68.1 Å². The lowest BCUT2D eigenvalue weighted by molar-refractivity contribution is 0.572. The summed E-state index contributed by atoms with van der Waals surface area (Å²) in [6.07, 6.45) is 10.9. The van der Waals surface area contributed by atoms with E-state index in [9.17, 15) is 0 Å². The van der Waals surface area contributed by atoms with Crippen LogP contribution in [0.5, 0.6) is 0 Å². The van der Waals surface area contributed by atoms with Crippen molar-refractivity contribution in [1.82, 2.24) is 14.8 Å². The molecular weight excluding hydrogens is 356 g/mol. The number of hydrogen-bond acceptors (Lipinski definition) is 3. The van der Waals surface area contributed by atoms with Crippen molar-refractivity contribution in [3.8, 4) is 0 Å². The summed E-state index contributed by atoms with van der Waals surface area (Å²) in [6, 6.07) is 15.5. The van der Waals surface area contributed by atoms with Crippen LogP contribution in [0.3, 0.4) is 0 Å². The smallest absolute Gasteiger partial charge is 0.128 e. The SMILES string of the molecule is CC(CCC(C)c1ccc(N2CCCC2)nc1)c1ccc(Cn2cccn2)cc1. The van der Waals surface area contributed by atoms with Crippen LogP contribution in [-0.2, 0) is 6.54 Å². The normalized spacial score (nSPS) is 16.1. The van der Waals surface area contributed by atoms with Crippen LogP contribution >= 0.6 is 0 Å². The van der Waals surface area contributed by atoms with Crippen molar-refractivity contribution in [2.45, 2.75) is 57.9 Å². The van der Waals surface area contributed by atoms with Gasteiger partial charge < -0.3 is 4.90 Å². The van der Waals surface area contributed by atoms with Gasteiger partial charge in [0.15, 0.2) is 0 Å². The Morgan fingerprint density at radius 3 is 2.21 bits per heavy atom. The highest BCUT2D eigenvalue weighted by Crippen LogP contribution is 2.28. The fourth-order valence-corrected chi connectivity index (χ4v) is 4.19. The van der Waals surface area contributed by atoms with Crippen molar-refractivity contribution in [2.75, 3.05) is 18.0 Å². The number of nitrogens with zero attached hydrogens (tertiary/aromatic N) is 4. The first-order chi connectivity index (χ1) is 14.2. The van der Waals surface area contributed by atoms with Gasteiger partial charge in [0.25, 0.3) is 0 Å². The van der Waals surface area contributed by atoms with Crippen LogP contribution in [0.25, 0.3) is 0 Å². The lowest BCUT2D eigenvalue weighted by Gasteiger charge is -2.19. The van der Waals surface area contributed by atoms with Gasteiger partial charge in [0.1, 0.15) is 5.82 Å². The topological polar surface area (TPSA) is 34.0 Å². The third-order valence-electron chi connectivity index (χ3n) is 6.26. The first-order valence-electron chi connectivity index (χ1n) is 11.0. The van der Waals surface area contributed by atoms with Gasteiger partial charge in [0.05, 0.1) is 6.54 Å². The molecule has 1 aliphatic rings. The summed E-state index contributed by atoms with van der Waals surface area (Å²) < 4.78 is 1.96. The number of rotatable bonds is 8. The molecule has 4 heteroatoms. The summed E-state index contributed by atoms with van der Waals surface area (Å²) in [5.41, 5.74) is 4.07. The van der Waals surface area contributed by atoms with Crippen LogP contribution < -0.4 is 4.90 Å².